The minimum atomic E-state index is -0.424. The van der Waals surface area contributed by atoms with Gasteiger partial charge in [-0.05, 0) is 50.8 Å². The van der Waals surface area contributed by atoms with Crippen molar-refractivity contribution in [3.63, 3.8) is 0 Å². The van der Waals surface area contributed by atoms with Crippen LogP contribution in [0.2, 0.25) is 0 Å². The molecular weight excluding hydrogens is 267 g/mol. The third kappa shape index (κ3) is 4.05. The van der Waals surface area contributed by atoms with Crippen LogP contribution in [-0.4, -0.2) is 29.9 Å². The Labute approximate surface area is 125 Å². The first-order valence-corrected chi connectivity index (χ1v) is 7.32. The molecule has 112 valence electrons. The standard InChI is InChI=1S/C17H21FN2O/c1-12(2)20(11-13-5-6-13)17(21)16-10-15(18)8-7-14(16)4-3-9-19/h7-8,10,12-13H,5-6,9,11,19H2,1-2H3. The lowest BCUT2D eigenvalue weighted by atomic mass is 10.0. The molecule has 0 heterocycles. The number of carbonyl (C=O) groups excluding carboxylic acids is 1. The molecule has 0 bridgehead atoms. The predicted molar refractivity (Wildman–Crippen MR) is 81.2 cm³/mol. The van der Waals surface area contributed by atoms with Crippen molar-refractivity contribution in [2.75, 3.05) is 13.1 Å². The van der Waals surface area contributed by atoms with Crippen LogP contribution in [-0.2, 0) is 0 Å². The zero-order valence-electron chi connectivity index (χ0n) is 12.5. The van der Waals surface area contributed by atoms with E-state index in [1.54, 1.807) is 11.0 Å². The molecule has 21 heavy (non-hydrogen) atoms. The molecule has 1 aromatic carbocycles. The minimum Gasteiger partial charge on any atom is -0.336 e. The number of amides is 1. The number of rotatable bonds is 4. The van der Waals surface area contributed by atoms with Crippen molar-refractivity contribution in [2.24, 2.45) is 11.7 Å². The van der Waals surface area contributed by atoms with Gasteiger partial charge in [0, 0.05) is 18.2 Å². The van der Waals surface area contributed by atoms with E-state index in [1.165, 1.54) is 25.0 Å². The fraction of sp³-hybridized carbons (Fsp3) is 0.471. The van der Waals surface area contributed by atoms with E-state index in [4.69, 9.17) is 5.73 Å². The molecule has 3 nitrogen and oxygen atoms in total. The average Bonchev–Trinajstić information content (AvgIpc) is 3.26. The Morgan fingerprint density at radius 3 is 2.76 bits per heavy atom. The summed E-state index contributed by atoms with van der Waals surface area (Å²) in [5, 5.41) is 0. The Morgan fingerprint density at radius 1 is 1.48 bits per heavy atom. The Balaban J connectivity index is 2.32. The number of benzene rings is 1. The van der Waals surface area contributed by atoms with Crippen LogP contribution in [0.15, 0.2) is 18.2 Å². The average molecular weight is 288 g/mol. The van der Waals surface area contributed by atoms with Crippen LogP contribution in [0.5, 0.6) is 0 Å². The van der Waals surface area contributed by atoms with Crippen molar-refractivity contribution < 1.29 is 9.18 Å². The maximum absolute atomic E-state index is 13.5. The lowest BCUT2D eigenvalue weighted by Crippen LogP contribution is -2.38. The van der Waals surface area contributed by atoms with Crippen LogP contribution in [0.4, 0.5) is 4.39 Å². The van der Waals surface area contributed by atoms with Crippen LogP contribution in [0.1, 0.15) is 42.6 Å². The zero-order valence-corrected chi connectivity index (χ0v) is 12.5. The number of hydrogen-bond acceptors (Lipinski definition) is 2. The van der Waals surface area contributed by atoms with Gasteiger partial charge in [0.25, 0.3) is 5.91 Å². The Morgan fingerprint density at radius 2 is 2.19 bits per heavy atom. The Bertz CT molecular complexity index is 582. The summed E-state index contributed by atoms with van der Waals surface area (Å²) in [7, 11) is 0. The molecule has 1 amide bonds. The lowest BCUT2D eigenvalue weighted by molar-refractivity contribution is 0.0695. The molecule has 0 saturated heterocycles. The second kappa shape index (κ2) is 6.73. The number of nitrogens with two attached hydrogens (primary N) is 1. The van der Waals surface area contributed by atoms with Crippen LogP contribution >= 0.6 is 0 Å². The second-order valence-electron chi connectivity index (χ2n) is 5.69. The number of halogens is 1. The van der Waals surface area contributed by atoms with E-state index in [1.807, 2.05) is 13.8 Å². The van der Waals surface area contributed by atoms with Crippen LogP contribution in [0.3, 0.4) is 0 Å². The quantitative estimate of drug-likeness (QED) is 0.865. The number of carbonyl (C=O) groups is 1. The molecule has 0 aliphatic heterocycles. The van der Waals surface area contributed by atoms with E-state index in [2.05, 4.69) is 11.8 Å². The highest BCUT2D eigenvalue weighted by molar-refractivity contribution is 5.97. The SMILES string of the molecule is CC(C)N(CC1CC1)C(=O)c1cc(F)ccc1C#CCN. The van der Waals surface area contributed by atoms with Gasteiger partial charge in [-0.15, -0.1) is 0 Å². The summed E-state index contributed by atoms with van der Waals surface area (Å²) in [4.78, 5) is 14.6. The van der Waals surface area contributed by atoms with E-state index in [-0.39, 0.29) is 18.5 Å². The summed E-state index contributed by atoms with van der Waals surface area (Å²) in [5.74, 6) is 5.59. The van der Waals surface area contributed by atoms with Gasteiger partial charge in [0.2, 0.25) is 0 Å². The molecule has 1 aliphatic rings. The zero-order chi connectivity index (χ0) is 15.4. The molecule has 2 rings (SSSR count). The van der Waals surface area contributed by atoms with Gasteiger partial charge in [-0.3, -0.25) is 4.79 Å². The summed E-state index contributed by atoms with van der Waals surface area (Å²) in [5.41, 5.74) is 6.23. The van der Waals surface area contributed by atoms with Crippen molar-refractivity contribution >= 4 is 5.91 Å². The lowest BCUT2D eigenvalue weighted by Gasteiger charge is -2.27. The summed E-state index contributed by atoms with van der Waals surface area (Å²) in [6.45, 7) is 4.90. The van der Waals surface area contributed by atoms with Crippen molar-refractivity contribution in [3.8, 4) is 11.8 Å². The fourth-order valence-electron chi connectivity index (χ4n) is 2.21. The van der Waals surface area contributed by atoms with Crippen LogP contribution < -0.4 is 5.73 Å². The van der Waals surface area contributed by atoms with Gasteiger partial charge in [0.1, 0.15) is 5.82 Å². The van der Waals surface area contributed by atoms with Gasteiger partial charge in [-0.2, -0.15) is 0 Å². The first kappa shape index (κ1) is 15.5. The second-order valence-corrected chi connectivity index (χ2v) is 5.69. The molecule has 0 spiro atoms. The molecule has 0 radical (unpaired) electrons. The summed E-state index contributed by atoms with van der Waals surface area (Å²) < 4.78 is 13.5. The monoisotopic (exact) mass is 288 g/mol. The van der Waals surface area contributed by atoms with Crippen LogP contribution in [0.25, 0.3) is 0 Å². The fourth-order valence-corrected chi connectivity index (χ4v) is 2.21. The van der Waals surface area contributed by atoms with E-state index < -0.39 is 5.82 Å². The van der Waals surface area contributed by atoms with Gasteiger partial charge in [0.05, 0.1) is 12.1 Å². The van der Waals surface area contributed by atoms with E-state index in [0.29, 0.717) is 17.0 Å². The van der Waals surface area contributed by atoms with Gasteiger partial charge in [0.15, 0.2) is 0 Å². The first-order valence-electron chi connectivity index (χ1n) is 7.32. The third-order valence-electron chi connectivity index (χ3n) is 3.57. The summed E-state index contributed by atoms with van der Waals surface area (Å²) in [6, 6.07) is 4.21. The molecule has 1 fully saturated rings. The highest BCUT2D eigenvalue weighted by atomic mass is 19.1. The van der Waals surface area contributed by atoms with Gasteiger partial charge >= 0.3 is 0 Å². The van der Waals surface area contributed by atoms with E-state index in [9.17, 15) is 9.18 Å². The summed E-state index contributed by atoms with van der Waals surface area (Å²) in [6.07, 6.45) is 2.33. The van der Waals surface area contributed by atoms with Gasteiger partial charge in [-0.1, -0.05) is 11.8 Å². The molecule has 1 saturated carbocycles. The molecule has 4 heteroatoms. The molecule has 0 unspecified atom stereocenters. The first-order chi connectivity index (χ1) is 10.0. The van der Waals surface area contributed by atoms with Crippen molar-refractivity contribution in [2.45, 2.75) is 32.7 Å². The molecule has 0 atom stereocenters. The maximum atomic E-state index is 13.5. The highest BCUT2D eigenvalue weighted by Crippen LogP contribution is 2.31. The predicted octanol–water partition coefficient (Wildman–Crippen LogP) is 2.40. The molecule has 1 aromatic rings. The topological polar surface area (TPSA) is 46.3 Å². The molecule has 1 aliphatic carbocycles. The highest BCUT2D eigenvalue weighted by Gasteiger charge is 2.29. The van der Waals surface area contributed by atoms with E-state index in [0.717, 1.165) is 6.54 Å². The summed E-state index contributed by atoms with van der Waals surface area (Å²) >= 11 is 0. The van der Waals surface area contributed by atoms with Gasteiger partial charge in [-0.25, -0.2) is 4.39 Å². The minimum absolute atomic E-state index is 0.0803. The Hall–Kier alpha value is -1.86. The van der Waals surface area contributed by atoms with E-state index >= 15 is 0 Å². The van der Waals surface area contributed by atoms with Crippen molar-refractivity contribution in [1.29, 1.82) is 0 Å². The van der Waals surface area contributed by atoms with Gasteiger partial charge < -0.3 is 10.6 Å². The van der Waals surface area contributed by atoms with Crippen molar-refractivity contribution in [3.05, 3.63) is 35.1 Å². The number of nitrogens with zero attached hydrogens (tertiary/aromatic N) is 1. The normalized spacial score (nSPS) is 13.8. The third-order valence-corrected chi connectivity index (χ3v) is 3.57. The maximum Gasteiger partial charge on any atom is 0.255 e. The number of hydrogen-bond donors (Lipinski definition) is 1. The smallest absolute Gasteiger partial charge is 0.255 e. The molecular formula is C17H21FN2O. The van der Waals surface area contributed by atoms with Crippen molar-refractivity contribution in [1.82, 2.24) is 4.90 Å². The molecule has 0 aromatic heterocycles. The van der Waals surface area contributed by atoms with Crippen LogP contribution in [0, 0.1) is 23.6 Å². The molecule has 2 N–H and O–H groups in total. The largest absolute Gasteiger partial charge is 0.336 e. The Kier molecular flexibility index (Phi) is 4.98.